The average Bonchev–Trinajstić information content (AvgIpc) is 2.70. The third kappa shape index (κ3) is 5.58. The number of ether oxygens (including phenoxy) is 1. The summed E-state index contributed by atoms with van der Waals surface area (Å²) < 4.78 is 47.8. The maximum Gasteiger partial charge on any atom is 0.258 e. The second-order valence-corrected chi connectivity index (χ2v) is 9.17. The second-order valence-electron chi connectivity index (χ2n) is 7.46. The van der Waals surface area contributed by atoms with E-state index in [4.69, 9.17) is 4.74 Å². The molecule has 0 radical (unpaired) electrons. The van der Waals surface area contributed by atoms with Crippen LogP contribution < -0.4 is 14.8 Å². The Bertz CT molecular complexity index is 986. The molecule has 6 nitrogen and oxygen atoms in total. The van der Waals surface area contributed by atoms with Gasteiger partial charge < -0.3 is 10.1 Å². The van der Waals surface area contributed by atoms with Gasteiger partial charge in [-0.1, -0.05) is 44.2 Å². The van der Waals surface area contributed by atoms with Gasteiger partial charge in [-0.2, -0.15) is 0 Å². The van der Waals surface area contributed by atoms with Gasteiger partial charge >= 0.3 is 0 Å². The molecule has 0 atom stereocenters. The van der Waals surface area contributed by atoms with E-state index in [1.807, 2.05) is 0 Å². The molecular formula is C22H27FN2O4S. The van der Waals surface area contributed by atoms with Crippen molar-refractivity contribution in [3.63, 3.8) is 0 Å². The third-order valence-corrected chi connectivity index (χ3v) is 6.79. The molecule has 2 aromatic rings. The summed E-state index contributed by atoms with van der Waals surface area (Å²) >= 11 is 0. The van der Waals surface area contributed by atoms with Crippen LogP contribution in [-0.4, -0.2) is 27.5 Å². The van der Waals surface area contributed by atoms with Gasteiger partial charge in [-0.15, -0.1) is 0 Å². The Kier molecular flexibility index (Phi) is 7.44. The number of amides is 1. The second kappa shape index (κ2) is 10.0. The number of nitrogens with one attached hydrogen (secondary N) is 2. The first kappa shape index (κ1) is 22.2. The average molecular weight is 435 g/mol. The van der Waals surface area contributed by atoms with Crippen LogP contribution in [0.2, 0.25) is 0 Å². The fourth-order valence-electron chi connectivity index (χ4n) is 3.65. The molecule has 162 valence electrons. The number of carbonyl (C=O) groups excluding carboxylic acids is 1. The minimum absolute atomic E-state index is 0.0224. The Morgan fingerprint density at radius 3 is 2.37 bits per heavy atom. The summed E-state index contributed by atoms with van der Waals surface area (Å²) in [6, 6.07) is 9.72. The quantitative estimate of drug-likeness (QED) is 0.702. The van der Waals surface area contributed by atoms with Crippen molar-refractivity contribution >= 4 is 21.6 Å². The molecule has 2 aromatic carbocycles. The van der Waals surface area contributed by atoms with Crippen LogP contribution in [-0.2, 0) is 10.0 Å². The zero-order valence-corrected chi connectivity index (χ0v) is 17.8. The fraction of sp³-hybridized carbons (Fsp3) is 0.409. The number of hydrogen-bond donors (Lipinski definition) is 2. The van der Waals surface area contributed by atoms with Crippen LogP contribution in [0.1, 0.15) is 55.3 Å². The molecular weight excluding hydrogens is 407 g/mol. The molecule has 2 N–H and O–H groups in total. The van der Waals surface area contributed by atoms with E-state index in [0.29, 0.717) is 0 Å². The predicted molar refractivity (Wildman–Crippen MR) is 114 cm³/mol. The van der Waals surface area contributed by atoms with E-state index in [0.717, 1.165) is 38.5 Å². The Balaban J connectivity index is 1.82. The van der Waals surface area contributed by atoms with Crippen LogP contribution >= 0.6 is 0 Å². The monoisotopic (exact) mass is 434 g/mol. The summed E-state index contributed by atoms with van der Waals surface area (Å²) in [4.78, 5) is 12.5. The molecule has 0 bridgehead atoms. The highest BCUT2D eigenvalue weighted by atomic mass is 32.2. The van der Waals surface area contributed by atoms with E-state index in [-0.39, 0.29) is 27.9 Å². The molecule has 3 rings (SSSR count). The summed E-state index contributed by atoms with van der Waals surface area (Å²) in [6.07, 6.45) is 7.06. The van der Waals surface area contributed by atoms with Crippen molar-refractivity contribution in [3.05, 3.63) is 53.8 Å². The van der Waals surface area contributed by atoms with Crippen molar-refractivity contribution in [2.24, 2.45) is 0 Å². The van der Waals surface area contributed by atoms with Gasteiger partial charge in [0.1, 0.15) is 11.6 Å². The molecule has 8 heteroatoms. The number of rotatable bonds is 6. The van der Waals surface area contributed by atoms with Gasteiger partial charge in [-0.25, -0.2) is 17.5 Å². The molecule has 1 amide bonds. The number of carbonyl (C=O) groups is 1. The Morgan fingerprint density at radius 2 is 1.70 bits per heavy atom. The highest BCUT2D eigenvalue weighted by Gasteiger charge is 2.23. The van der Waals surface area contributed by atoms with Crippen molar-refractivity contribution in [1.29, 1.82) is 0 Å². The third-order valence-electron chi connectivity index (χ3n) is 5.27. The van der Waals surface area contributed by atoms with Crippen molar-refractivity contribution in [2.45, 2.75) is 55.9 Å². The fourth-order valence-corrected chi connectivity index (χ4v) is 4.98. The number of methoxy groups -OCH3 is 1. The Morgan fingerprint density at radius 1 is 1.03 bits per heavy atom. The van der Waals surface area contributed by atoms with E-state index in [1.54, 1.807) is 6.07 Å². The van der Waals surface area contributed by atoms with Crippen molar-refractivity contribution in [1.82, 2.24) is 4.72 Å². The summed E-state index contributed by atoms with van der Waals surface area (Å²) in [7, 11) is -2.36. The van der Waals surface area contributed by atoms with Crippen LogP contribution in [0.25, 0.3) is 0 Å². The van der Waals surface area contributed by atoms with Crippen LogP contribution in [0.4, 0.5) is 10.1 Å². The first-order chi connectivity index (χ1) is 14.4. The number of halogens is 1. The summed E-state index contributed by atoms with van der Waals surface area (Å²) in [5.41, 5.74) is 0.0201. The summed E-state index contributed by atoms with van der Waals surface area (Å²) in [6.45, 7) is 0. The maximum atomic E-state index is 13.9. The zero-order chi connectivity index (χ0) is 21.6. The number of sulfonamides is 1. The highest BCUT2D eigenvalue weighted by Crippen LogP contribution is 2.29. The van der Waals surface area contributed by atoms with Gasteiger partial charge in [0.15, 0.2) is 0 Å². The summed E-state index contributed by atoms with van der Waals surface area (Å²) in [5.74, 6) is -1.07. The molecule has 1 fully saturated rings. The van der Waals surface area contributed by atoms with Crippen molar-refractivity contribution in [2.75, 3.05) is 12.4 Å². The van der Waals surface area contributed by atoms with E-state index < -0.39 is 21.7 Å². The first-order valence-electron chi connectivity index (χ1n) is 10.2. The molecule has 0 saturated heterocycles. The lowest BCUT2D eigenvalue weighted by Gasteiger charge is -2.21. The van der Waals surface area contributed by atoms with Gasteiger partial charge in [0.25, 0.3) is 5.91 Å². The molecule has 0 unspecified atom stereocenters. The van der Waals surface area contributed by atoms with Crippen LogP contribution in [0.5, 0.6) is 5.75 Å². The highest BCUT2D eigenvalue weighted by molar-refractivity contribution is 7.89. The molecule has 1 aliphatic carbocycles. The van der Waals surface area contributed by atoms with Crippen molar-refractivity contribution < 1.29 is 22.3 Å². The van der Waals surface area contributed by atoms with E-state index >= 15 is 0 Å². The van der Waals surface area contributed by atoms with Gasteiger partial charge in [-0.3, -0.25) is 4.79 Å². The number of anilines is 1. The van der Waals surface area contributed by atoms with Crippen LogP contribution in [0, 0.1) is 5.82 Å². The lowest BCUT2D eigenvalue weighted by Crippen LogP contribution is -2.35. The van der Waals surface area contributed by atoms with Gasteiger partial charge in [-0.05, 0) is 43.2 Å². The largest absolute Gasteiger partial charge is 0.495 e. The van der Waals surface area contributed by atoms with E-state index in [2.05, 4.69) is 10.0 Å². The summed E-state index contributed by atoms with van der Waals surface area (Å²) in [5, 5.41) is 2.56. The lowest BCUT2D eigenvalue weighted by atomic mass is 9.97. The first-order valence-corrected chi connectivity index (χ1v) is 11.7. The minimum atomic E-state index is -3.78. The Labute approximate surface area is 176 Å². The molecule has 0 heterocycles. The van der Waals surface area contributed by atoms with Gasteiger partial charge in [0.05, 0.1) is 23.3 Å². The number of hydrogen-bond acceptors (Lipinski definition) is 4. The molecule has 0 aromatic heterocycles. The standard InChI is InChI=1S/C22H27FN2O4S/c1-29-21-14-13-17(30(27,28)25-16-9-5-3-2-4-6-10-16)15-20(21)24-22(26)18-11-7-8-12-19(18)23/h7-8,11-16,25H,2-6,9-10H2,1H3,(H,24,26). The molecule has 30 heavy (non-hydrogen) atoms. The van der Waals surface area contributed by atoms with Crippen LogP contribution in [0.3, 0.4) is 0 Å². The molecule has 0 spiro atoms. The number of benzene rings is 2. The molecule has 0 aliphatic heterocycles. The van der Waals surface area contributed by atoms with E-state index in [1.165, 1.54) is 49.9 Å². The van der Waals surface area contributed by atoms with Gasteiger partial charge in [0.2, 0.25) is 10.0 Å². The predicted octanol–water partition coefficient (Wildman–Crippen LogP) is 4.48. The van der Waals surface area contributed by atoms with Crippen LogP contribution in [0.15, 0.2) is 47.4 Å². The molecule has 1 saturated carbocycles. The molecule has 1 aliphatic rings. The van der Waals surface area contributed by atoms with Gasteiger partial charge in [0, 0.05) is 6.04 Å². The van der Waals surface area contributed by atoms with Crippen molar-refractivity contribution in [3.8, 4) is 5.75 Å². The normalized spacial score (nSPS) is 15.8. The van der Waals surface area contributed by atoms with E-state index in [9.17, 15) is 17.6 Å². The Hall–Kier alpha value is -2.45. The maximum absolute atomic E-state index is 13.9. The topological polar surface area (TPSA) is 84.5 Å². The zero-order valence-electron chi connectivity index (χ0n) is 17.0. The SMILES string of the molecule is COc1ccc(S(=O)(=O)NC2CCCCCCC2)cc1NC(=O)c1ccccc1F. The minimum Gasteiger partial charge on any atom is -0.495 e. The lowest BCUT2D eigenvalue weighted by molar-refractivity contribution is 0.102. The smallest absolute Gasteiger partial charge is 0.258 e.